The molecule has 7 rings (SSSR count). The van der Waals surface area contributed by atoms with Crippen molar-refractivity contribution >= 4 is 47.0 Å². The molecule has 2 amide bonds. The molecule has 0 radical (unpaired) electrons. The van der Waals surface area contributed by atoms with Crippen LogP contribution in [0.4, 0.5) is 24.5 Å². The molecule has 0 unspecified atom stereocenters. The average Bonchev–Trinajstić information content (AvgIpc) is 3.52. The van der Waals surface area contributed by atoms with Gasteiger partial charge in [-0.15, -0.1) is 0 Å². The Morgan fingerprint density at radius 1 is 1.03 bits per heavy atom. The number of aromatic amines is 1. The van der Waals surface area contributed by atoms with Gasteiger partial charge < -0.3 is 19.9 Å². The molecule has 3 fully saturated rings. The maximum Gasteiger partial charge on any atom is 0.416 e. The molecule has 58 heavy (non-hydrogen) atoms. The van der Waals surface area contributed by atoms with Crippen LogP contribution in [0.25, 0.3) is 0 Å². The number of aromatic nitrogens is 2. The smallest absolute Gasteiger partial charge is 0.378 e. The Labute approximate surface area is 340 Å². The average molecular weight is 821 g/mol. The summed E-state index contributed by atoms with van der Waals surface area (Å²) in [4.78, 5) is 44.0. The number of piperazine rings is 1. The van der Waals surface area contributed by atoms with Gasteiger partial charge in [0.15, 0.2) is 11.5 Å². The van der Waals surface area contributed by atoms with Crippen LogP contribution in [0.15, 0.2) is 76.9 Å². The molecule has 1 spiro atoms. The third-order valence-corrected chi connectivity index (χ3v) is 12.1. The van der Waals surface area contributed by atoms with Crippen molar-refractivity contribution in [3.63, 3.8) is 0 Å². The highest BCUT2D eigenvalue weighted by atomic mass is 35.5. The van der Waals surface area contributed by atoms with Crippen molar-refractivity contribution in [3.05, 3.63) is 100.0 Å². The number of anilines is 2. The minimum atomic E-state index is -4.57. The van der Waals surface area contributed by atoms with Crippen molar-refractivity contribution < 1.29 is 27.5 Å². The van der Waals surface area contributed by atoms with Gasteiger partial charge in [-0.25, -0.2) is 10.0 Å². The lowest BCUT2D eigenvalue weighted by Crippen LogP contribution is -2.56. The predicted molar refractivity (Wildman–Crippen MR) is 218 cm³/mol. The fourth-order valence-electron chi connectivity index (χ4n) is 7.79. The van der Waals surface area contributed by atoms with E-state index < -0.39 is 23.1 Å². The van der Waals surface area contributed by atoms with Crippen molar-refractivity contribution in [1.29, 1.82) is 0 Å². The Kier molecular flexibility index (Phi) is 12.0. The molecule has 3 saturated heterocycles. The number of hydrogen-bond donors (Lipinski definition) is 3. The summed E-state index contributed by atoms with van der Waals surface area (Å²) in [7, 11) is 0. The van der Waals surface area contributed by atoms with Crippen LogP contribution in [0.2, 0.25) is 5.02 Å². The number of likely N-dealkylation sites (tertiary alicyclic amines) is 1. The fraction of sp³-hybridized carbons (Fsp3) is 0.439. The quantitative estimate of drug-likeness (QED) is 0.242. The van der Waals surface area contributed by atoms with Crippen LogP contribution in [0, 0.1) is 19.3 Å². The van der Waals surface area contributed by atoms with E-state index in [1.165, 1.54) is 17.4 Å². The number of aliphatic imine (C=N–C) groups is 2. The maximum atomic E-state index is 14.7. The van der Waals surface area contributed by atoms with E-state index in [1.807, 2.05) is 38.1 Å². The number of nitrogens with zero attached hydrogens (tertiary/aromatic N) is 7. The largest absolute Gasteiger partial charge is 0.416 e. The zero-order valence-electron chi connectivity index (χ0n) is 32.7. The zero-order valence-corrected chi connectivity index (χ0v) is 33.4. The molecule has 1 aromatic heterocycles. The van der Waals surface area contributed by atoms with E-state index in [0.29, 0.717) is 67.6 Å². The second kappa shape index (κ2) is 17.0. The van der Waals surface area contributed by atoms with Crippen LogP contribution in [-0.2, 0) is 15.7 Å². The van der Waals surface area contributed by atoms with Crippen LogP contribution in [0.5, 0.6) is 0 Å². The Bertz CT molecular complexity index is 2100. The number of hydrogen-bond acceptors (Lipinski definition) is 10. The van der Waals surface area contributed by atoms with Gasteiger partial charge in [0.2, 0.25) is 0 Å². The predicted octanol–water partition coefficient (Wildman–Crippen LogP) is 5.84. The van der Waals surface area contributed by atoms with E-state index in [9.17, 15) is 22.8 Å². The van der Waals surface area contributed by atoms with E-state index >= 15 is 0 Å². The Balaban J connectivity index is 1.11. The number of benzene rings is 2. The van der Waals surface area contributed by atoms with E-state index in [0.717, 1.165) is 68.5 Å². The lowest BCUT2D eigenvalue weighted by Gasteiger charge is -2.43. The summed E-state index contributed by atoms with van der Waals surface area (Å²) in [5.41, 5.74) is 6.17. The Hall–Kier alpha value is -5.19. The summed E-state index contributed by atoms with van der Waals surface area (Å²) in [5.74, 6) is -0.264. The van der Waals surface area contributed by atoms with Crippen LogP contribution in [0.1, 0.15) is 52.1 Å². The van der Waals surface area contributed by atoms with E-state index in [-0.39, 0.29) is 28.9 Å². The fourth-order valence-corrected chi connectivity index (χ4v) is 8.02. The van der Waals surface area contributed by atoms with E-state index in [1.54, 1.807) is 4.90 Å². The molecule has 0 aliphatic carbocycles. The molecular formula is C41H48ClF3N10O3. The van der Waals surface area contributed by atoms with Crippen LogP contribution in [0.3, 0.4) is 0 Å². The number of ether oxygens (including phenoxy) is 1. The number of amides is 2. The molecule has 0 saturated carbocycles. The van der Waals surface area contributed by atoms with Gasteiger partial charge in [-0.1, -0.05) is 24.8 Å². The first-order chi connectivity index (χ1) is 27.7. The third kappa shape index (κ3) is 8.78. The van der Waals surface area contributed by atoms with Crippen molar-refractivity contribution in [2.75, 3.05) is 75.8 Å². The topological polar surface area (TPSA) is 134 Å². The summed E-state index contributed by atoms with van der Waals surface area (Å²) >= 11 is 6.27. The van der Waals surface area contributed by atoms with Crippen molar-refractivity contribution in [3.8, 4) is 0 Å². The molecule has 308 valence electrons. The van der Waals surface area contributed by atoms with Crippen LogP contribution < -0.4 is 15.6 Å². The highest BCUT2D eigenvalue weighted by Crippen LogP contribution is 2.43. The number of carbonyl (C=O) groups is 2. The molecule has 0 atom stereocenters. The van der Waals surface area contributed by atoms with Gasteiger partial charge in [-0.2, -0.15) is 18.3 Å². The molecule has 2 aromatic carbocycles. The van der Waals surface area contributed by atoms with Gasteiger partial charge in [0.05, 0.1) is 42.1 Å². The number of halogens is 4. The number of alkyl halides is 3. The van der Waals surface area contributed by atoms with Gasteiger partial charge in [0.1, 0.15) is 6.34 Å². The number of hydrazine groups is 1. The highest BCUT2D eigenvalue weighted by molar-refractivity contribution is 6.33. The lowest BCUT2D eigenvalue weighted by molar-refractivity contribution is -0.137. The van der Waals surface area contributed by atoms with Crippen LogP contribution in [-0.4, -0.2) is 121 Å². The third-order valence-electron chi connectivity index (χ3n) is 11.7. The lowest BCUT2D eigenvalue weighted by atomic mass is 9.70. The van der Waals surface area contributed by atoms with Crippen molar-refractivity contribution in [2.24, 2.45) is 15.4 Å². The number of piperidine rings is 1. The number of H-pyrrole nitrogens is 1. The van der Waals surface area contributed by atoms with Crippen molar-refractivity contribution in [2.45, 2.75) is 45.3 Å². The summed E-state index contributed by atoms with van der Waals surface area (Å²) in [6, 6.07) is 11.4. The number of nitrogens with one attached hydrogen (secondary N) is 3. The second-order valence-electron chi connectivity index (χ2n) is 15.3. The van der Waals surface area contributed by atoms with E-state index in [4.69, 9.17) is 16.3 Å². The van der Waals surface area contributed by atoms with Gasteiger partial charge in [-0.05, 0) is 75.6 Å². The summed E-state index contributed by atoms with van der Waals surface area (Å²) < 4.78 is 45.5. The molecule has 3 N–H and O–H groups in total. The second-order valence-corrected chi connectivity index (χ2v) is 15.7. The van der Waals surface area contributed by atoms with Gasteiger partial charge in [-0.3, -0.25) is 30.0 Å². The molecule has 3 aromatic rings. The van der Waals surface area contributed by atoms with E-state index in [2.05, 4.69) is 53.9 Å². The normalized spacial score (nSPS) is 19.7. The number of amidine groups is 1. The first-order valence-electron chi connectivity index (χ1n) is 19.4. The Morgan fingerprint density at radius 2 is 1.74 bits per heavy atom. The summed E-state index contributed by atoms with van der Waals surface area (Å²) in [6.07, 6.45) is -1.67. The number of rotatable bonds is 8. The minimum Gasteiger partial charge on any atom is -0.378 e. The molecule has 4 aliphatic rings. The standard InChI is InChI=1S/C41H48ClF3N10O3/c1-26(48-35-10-7-31(21-34(35)42)41(43,44)45)22-55-38(56)28(3)40(12-15-54(16-13-40)39(57)36-27(2)29(4)49-50-36)11-14-46-25-47-37(51-55)30-5-8-32(9-6-30)52-17-19-53(20-18-52)33-23-58-24-33/h5-10,21,25,33,48H,1,3,11-20,22-24H2,2,4H3,(H,49,50)(H,46,47,51). The first-order valence-corrected chi connectivity index (χ1v) is 19.7. The monoisotopic (exact) mass is 820 g/mol. The number of aryl methyl sites for hydroxylation is 1. The highest BCUT2D eigenvalue weighted by Gasteiger charge is 2.43. The SMILES string of the molecule is C=C(CN1NC(c2ccc(N3CCN(C4COC4)CC3)cc2)=NC=NCCC2(CCN(C(=O)c3n[nH]c(C)c3C)CC2)C(=C)C1=O)Nc1ccc(C(F)(F)F)cc1Cl. The minimum absolute atomic E-state index is 0.141. The summed E-state index contributed by atoms with van der Waals surface area (Å²) in [6.45, 7) is 18.4. The molecule has 13 nitrogen and oxygen atoms in total. The molecule has 4 aliphatic heterocycles. The number of carbonyl (C=O) groups excluding carboxylic acids is 2. The zero-order chi connectivity index (χ0) is 41.2. The molecule has 5 heterocycles. The van der Waals surface area contributed by atoms with Gasteiger partial charge in [0, 0.05) is 85.0 Å². The summed E-state index contributed by atoms with van der Waals surface area (Å²) in [5, 5.41) is 11.3. The molecule has 0 bridgehead atoms. The van der Waals surface area contributed by atoms with Gasteiger partial charge >= 0.3 is 6.18 Å². The van der Waals surface area contributed by atoms with Crippen molar-refractivity contribution in [1.82, 2.24) is 30.4 Å². The molecule has 17 heteroatoms. The van der Waals surface area contributed by atoms with Crippen LogP contribution >= 0.6 is 11.6 Å². The van der Waals surface area contributed by atoms with Gasteiger partial charge in [0.25, 0.3) is 11.8 Å². The first kappa shape index (κ1) is 41.0. The molecular weight excluding hydrogens is 773 g/mol. The Morgan fingerprint density at radius 3 is 2.34 bits per heavy atom. The maximum absolute atomic E-state index is 14.7.